The number of amides is 2. The molecule has 0 aliphatic rings. The number of ether oxygens (including phenoxy) is 2. The molecule has 0 unspecified atom stereocenters. The molecular weight excluding hydrogens is 542 g/mol. The first-order valence-electron chi connectivity index (χ1n) is 13.6. The summed E-state index contributed by atoms with van der Waals surface area (Å²) < 4.78 is 39.7. The molecule has 1 atom stereocenters. The highest BCUT2D eigenvalue weighted by Gasteiger charge is 2.34. The van der Waals surface area contributed by atoms with Gasteiger partial charge in [-0.3, -0.25) is 13.9 Å². The van der Waals surface area contributed by atoms with Gasteiger partial charge in [0.2, 0.25) is 11.8 Å². The van der Waals surface area contributed by atoms with Crippen LogP contribution in [0.3, 0.4) is 0 Å². The third-order valence-electron chi connectivity index (χ3n) is 6.57. The van der Waals surface area contributed by atoms with Crippen LogP contribution in [0.25, 0.3) is 0 Å². The van der Waals surface area contributed by atoms with Crippen molar-refractivity contribution in [3.63, 3.8) is 0 Å². The minimum Gasteiger partial charge on any atom is -0.493 e. The van der Waals surface area contributed by atoms with Crippen LogP contribution in [0.15, 0.2) is 83.8 Å². The zero-order valence-electron chi connectivity index (χ0n) is 24.2. The van der Waals surface area contributed by atoms with Gasteiger partial charge < -0.3 is 19.7 Å². The molecule has 3 rings (SSSR count). The summed E-state index contributed by atoms with van der Waals surface area (Å²) in [5.41, 5.74) is 1.32. The number of sulfonamides is 1. The molecule has 0 saturated carbocycles. The molecule has 0 aliphatic heterocycles. The van der Waals surface area contributed by atoms with E-state index in [2.05, 4.69) is 5.32 Å². The minimum atomic E-state index is -4.23. The highest BCUT2D eigenvalue weighted by Crippen LogP contribution is 2.32. The summed E-state index contributed by atoms with van der Waals surface area (Å²) >= 11 is 0. The van der Waals surface area contributed by atoms with Gasteiger partial charge in [0.1, 0.15) is 12.6 Å². The predicted octanol–water partition coefficient (Wildman–Crippen LogP) is 4.27. The summed E-state index contributed by atoms with van der Waals surface area (Å²) in [6.07, 6.45) is 0.874. The van der Waals surface area contributed by atoms with Crippen molar-refractivity contribution in [1.29, 1.82) is 0 Å². The van der Waals surface area contributed by atoms with E-state index in [1.165, 1.54) is 37.3 Å². The number of nitrogens with zero attached hydrogens (tertiary/aromatic N) is 2. The van der Waals surface area contributed by atoms with Crippen LogP contribution < -0.4 is 19.1 Å². The van der Waals surface area contributed by atoms with Crippen molar-refractivity contribution in [3.8, 4) is 11.5 Å². The summed E-state index contributed by atoms with van der Waals surface area (Å²) in [6.45, 7) is 5.29. The zero-order chi connectivity index (χ0) is 30.0. The van der Waals surface area contributed by atoms with Crippen LogP contribution in [0.1, 0.15) is 32.8 Å². The number of methoxy groups -OCH3 is 2. The van der Waals surface area contributed by atoms with Gasteiger partial charge in [-0.05, 0) is 56.5 Å². The van der Waals surface area contributed by atoms with Crippen LogP contribution in [0.4, 0.5) is 5.69 Å². The molecule has 0 bridgehead atoms. The van der Waals surface area contributed by atoms with Crippen molar-refractivity contribution in [1.82, 2.24) is 10.2 Å². The first kappa shape index (κ1) is 31.5. The number of hydrogen-bond acceptors (Lipinski definition) is 6. The second-order valence-electron chi connectivity index (χ2n) is 9.77. The lowest BCUT2D eigenvalue weighted by Crippen LogP contribution is -2.54. The summed E-state index contributed by atoms with van der Waals surface area (Å²) in [5, 5.41) is 2.90. The van der Waals surface area contributed by atoms with Gasteiger partial charge in [-0.15, -0.1) is 0 Å². The SMILES string of the molecule is CC[C@@H](C(=O)NC(C)C)N(CCc1ccccc1)C(=O)CN(c1ccccc1)S(=O)(=O)c1ccc(OC)c(OC)c1. The van der Waals surface area contributed by atoms with Gasteiger partial charge in [0.25, 0.3) is 10.0 Å². The zero-order valence-corrected chi connectivity index (χ0v) is 25.1. The van der Waals surface area contributed by atoms with E-state index in [1.54, 1.807) is 30.3 Å². The number of carbonyl (C=O) groups is 2. The Bertz CT molecular complexity index is 1400. The van der Waals surface area contributed by atoms with E-state index in [-0.39, 0.29) is 29.1 Å². The highest BCUT2D eigenvalue weighted by molar-refractivity contribution is 7.92. The van der Waals surface area contributed by atoms with Crippen molar-refractivity contribution < 1.29 is 27.5 Å². The molecule has 10 heteroatoms. The second kappa shape index (κ2) is 14.5. The Morgan fingerprint density at radius 3 is 2.05 bits per heavy atom. The first-order chi connectivity index (χ1) is 19.6. The van der Waals surface area contributed by atoms with Crippen molar-refractivity contribution >= 4 is 27.5 Å². The van der Waals surface area contributed by atoms with Gasteiger partial charge in [-0.1, -0.05) is 55.5 Å². The number of benzene rings is 3. The van der Waals surface area contributed by atoms with Gasteiger partial charge >= 0.3 is 0 Å². The van der Waals surface area contributed by atoms with Crippen molar-refractivity contribution in [2.75, 3.05) is 31.6 Å². The Balaban J connectivity index is 2.02. The number of para-hydroxylation sites is 1. The van der Waals surface area contributed by atoms with E-state index in [1.807, 2.05) is 51.1 Å². The topological polar surface area (TPSA) is 105 Å². The van der Waals surface area contributed by atoms with Crippen LogP contribution in [0.5, 0.6) is 11.5 Å². The second-order valence-corrected chi connectivity index (χ2v) is 11.6. The molecule has 3 aromatic rings. The third-order valence-corrected chi connectivity index (χ3v) is 8.34. The van der Waals surface area contributed by atoms with Crippen molar-refractivity contribution in [2.24, 2.45) is 0 Å². The number of hydrogen-bond donors (Lipinski definition) is 1. The van der Waals surface area contributed by atoms with Gasteiger partial charge in [0, 0.05) is 18.7 Å². The first-order valence-corrected chi connectivity index (χ1v) is 15.0. The van der Waals surface area contributed by atoms with E-state index < -0.39 is 28.5 Å². The summed E-state index contributed by atoms with van der Waals surface area (Å²) in [4.78, 5) is 28.6. The quantitative estimate of drug-likeness (QED) is 0.305. The van der Waals surface area contributed by atoms with Crippen LogP contribution in [-0.4, -0.2) is 64.5 Å². The molecule has 220 valence electrons. The maximum absolute atomic E-state index is 14.0. The van der Waals surface area contributed by atoms with Gasteiger partial charge in [-0.25, -0.2) is 8.42 Å². The molecule has 0 spiro atoms. The molecule has 0 fully saturated rings. The highest BCUT2D eigenvalue weighted by atomic mass is 32.2. The molecule has 41 heavy (non-hydrogen) atoms. The van der Waals surface area contributed by atoms with E-state index in [9.17, 15) is 18.0 Å². The summed E-state index contributed by atoms with van der Waals surface area (Å²) in [5.74, 6) is -0.144. The summed E-state index contributed by atoms with van der Waals surface area (Å²) in [6, 6.07) is 21.5. The van der Waals surface area contributed by atoms with Gasteiger partial charge in [-0.2, -0.15) is 0 Å². The van der Waals surface area contributed by atoms with E-state index >= 15 is 0 Å². The molecule has 0 saturated heterocycles. The molecule has 0 heterocycles. The third kappa shape index (κ3) is 8.00. The monoisotopic (exact) mass is 581 g/mol. The van der Waals surface area contributed by atoms with E-state index in [0.717, 1.165) is 9.87 Å². The molecule has 0 aliphatic carbocycles. The van der Waals surface area contributed by atoms with E-state index in [4.69, 9.17) is 9.47 Å². The van der Waals surface area contributed by atoms with Crippen LogP contribution in [0, 0.1) is 0 Å². The largest absolute Gasteiger partial charge is 0.493 e. The van der Waals surface area contributed by atoms with Crippen molar-refractivity contribution in [3.05, 3.63) is 84.4 Å². The normalized spacial score (nSPS) is 12.0. The molecule has 0 radical (unpaired) electrons. The molecule has 0 aromatic heterocycles. The summed E-state index contributed by atoms with van der Waals surface area (Å²) in [7, 11) is -1.35. The number of nitrogens with one attached hydrogen (secondary N) is 1. The Labute approximate surface area is 243 Å². The standard InChI is InChI=1S/C31H39N3O6S/c1-6-27(31(36)32-23(2)3)33(20-19-24-13-9-7-10-14-24)30(35)22-34(25-15-11-8-12-16-25)41(37,38)26-17-18-28(39-4)29(21-26)40-5/h7-18,21,23,27H,6,19-20,22H2,1-5H3,(H,32,36)/t27-/m0/s1. The fourth-order valence-electron chi connectivity index (χ4n) is 4.50. The molecule has 3 aromatic carbocycles. The molecule has 9 nitrogen and oxygen atoms in total. The average Bonchev–Trinajstić information content (AvgIpc) is 2.97. The van der Waals surface area contributed by atoms with Gasteiger partial charge in [0.15, 0.2) is 11.5 Å². The molecule has 2 amide bonds. The van der Waals surface area contributed by atoms with Gasteiger partial charge in [0.05, 0.1) is 24.8 Å². The van der Waals surface area contributed by atoms with Crippen LogP contribution in [-0.2, 0) is 26.0 Å². The van der Waals surface area contributed by atoms with Crippen LogP contribution >= 0.6 is 0 Å². The predicted molar refractivity (Wildman–Crippen MR) is 160 cm³/mol. The number of carbonyl (C=O) groups excluding carboxylic acids is 2. The fourth-order valence-corrected chi connectivity index (χ4v) is 5.93. The lowest BCUT2D eigenvalue weighted by atomic mass is 10.1. The lowest BCUT2D eigenvalue weighted by molar-refractivity contribution is -0.139. The Morgan fingerprint density at radius 2 is 1.49 bits per heavy atom. The minimum absolute atomic E-state index is 0.0627. The van der Waals surface area contributed by atoms with E-state index in [0.29, 0.717) is 24.3 Å². The average molecular weight is 582 g/mol. The lowest BCUT2D eigenvalue weighted by Gasteiger charge is -2.33. The fraction of sp³-hybridized carbons (Fsp3) is 0.355. The maximum Gasteiger partial charge on any atom is 0.264 e. The Morgan fingerprint density at radius 1 is 0.878 bits per heavy atom. The van der Waals surface area contributed by atoms with Crippen molar-refractivity contribution in [2.45, 2.75) is 50.6 Å². The van der Waals surface area contributed by atoms with Crippen LogP contribution in [0.2, 0.25) is 0 Å². The maximum atomic E-state index is 14.0. The smallest absolute Gasteiger partial charge is 0.264 e. The Hall–Kier alpha value is -4.05. The Kier molecular flexibility index (Phi) is 11.2. The number of rotatable bonds is 14. The number of anilines is 1. The molecule has 1 N–H and O–H groups in total. The molecular formula is C31H39N3O6S.